The third kappa shape index (κ3) is 4.41. The first-order valence-corrected chi connectivity index (χ1v) is 10.4. The number of hydrogen-bond acceptors (Lipinski definition) is 6. The molecule has 0 aliphatic carbocycles. The Hall–Kier alpha value is -2.39. The molecule has 2 aliphatic rings. The van der Waals surface area contributed by atoms with E-state index in [2.05, 4.69) is 5.32 Å². The zero-order valence-electron chi connectivity index (χ0n) is 13.6. The number of carbonyl (C=O) groups excluding carboxylic acids is 3. The van der Waals surface area contributed by atoms with Crippen LogP contribution in [0.2, 0.25) is 0 Å². The van der Waals surface area contributed by atoms with Crippen LogP contribution < -0.4 is 5.32 Å². The third-order valence-electron chi connectivity index (χ3n) is 3.81. The Balaban J connectivity index is 1.56. The Bertz CT molecular complexity index is 906. The summed E-state index contributed by atoms with van der Waals surface area (Å²) in [6.45, 7) is -0.0498. The molecule has 0 spiro atoms. The molecular weight excluding hydrogens is 376 g/mol. The van der Waals surface area contributed by atoms with Gasteiger partial charge in [-0.15, -0.1) is 0 Å². The molecule has 1 aromatic rings. The molecule has 2 aliphatic heterocycles. The highest BCUT2D eigenvalue weighted by atomic mass is 32.2. The highest BCUT2D eigenvalue weighted by Gasteiger charge is 2.35. The molecule has 3 amide bonds. The third-order valence-corrected chi connectivity index (χ3v) is 6.11. The van der Waals surface area contributed by atoms with E-state index < -0.39 is 32.9 Å². The van der Waals surface area contributed by atoms with Crippen molar-refractivity contribution in [3.05, 3.63) is 52.3 Å². The van der Waals surface area contributed by atoms with E-state index in [4.69, 9.17) is 0 Å². The minimum atomic E-state index is -3.25. The molecule has 0 radical (unpaired) electrons. The highest BCUT2D eigenvalue weighted by molar-refractivity contribution is 8.18. The topological polar surface area (TPSA) is 101 Å². The average Bonchev–Trinajstić information content (AvgIpc) is 3.06. The summed E-state index contributed by atoms with van der Waals surface area (Å²) >= 11 is 0.837. The molecule has 9 heteroatoms. The van der Waals surface area contributed by atoms with Gasteiger partial charge < -0.3 is 5.32 Å². The van der Waals surface area contributed by atoms with Gasteiger partial charge in [0.2, 0.25) is 5.91 Å². The fourth-order valence-corrected chi connectivity index (χ4v) is 4.65. The smallest absolute Gasteiger partial charge is 0.293 e. The summed E-state index contributed by atoms with van der Waals surface area (Å²) in [6, 6.07) is 8.60. The van der Waals surface area contributed by atoms with E-state index in [0.29, 0.717) is 4.91 Å². The van der Waals surface area contributed by atoms with Gasteiger partial charge in [-0.1, -0.05) is 30.3 Å². The van der Waals surface area contributed by atoms with Gasteiger partial charge in [-0.3, -0.25) is 19.3 Å². The monoisotopic (exact) mass is 392 g/mol. The van der Waals surface area contributed by atoms with Gasteiger partial charge in [0.1, 0.15) is 0 Å². The van der Waals surface area contributed by atoms with E-state index in [1.807, 2.05) is 30.3 Å². The predicted octanol–water partition coefficient (Wildman–Crippen LogP) is 1.54. The zero-order valence-corrected chi connectivity index (χ0v) is 15.3. The van der Waals surface area contributed by atoms with Crippen LogP contribution in [0.25, 0.3) is 6.08 Å². The van der Waals surface area contributed by atoms with E-state index in [0.717, 1.165) is 27.6 Å². The zero-order chi connectivity index (χ0) is 18.7. The first kappa shape index (κ1) is 18.4. The van der Waals surface area contributed by atoms with Crippen molar-refractivity contribution in [2.45, 2.75) is 12.5 Å². The van der Waals surface area contributed by atoms with Crippen LogP contribution >= 0.6 is 11.8 Å². The number of thioether (sulfide) groups is 1. The standard InChI is InChI=1S/C17H16N2O5S2/c20-15(18-13-7-9-26(23,24)11-13)6-8-19-16(21)14(25-17(19)22)10-12-4-2-1-3-5-12/h1-5,7,9-10,13H,6,8,11H2,(H,18,20)/b14-10+/t13-/m0/s1. The number of amides is 3. The van der Waals surface area contributed by atoms with E-state index in [9.17, 15) is 22.8 Å². The van der Waals surface area contributed by atoms with E-state index in [1.54, 1.807) is 6.08 Å². The summed E-state index contributed by atoms with van der Waals surface area (Å²) in [5, 5.41) is 3.21. The predicted molar refractivity (Wildman–Crippen MR) is 98.6 cm³/mol. The maximum Gasteiger partial charge on any atom is 0.293 e. The van der Waals surface area contributed by atoms with Crippen LogP contribution in [0, 0.1) is 0 Å². The maximum absolute atomic E-state index is 12.4. The molecule has 7 nitrogen and oxygen atoms in total. The van der Waals surface area contributed by atoms with Crippen molar-refractivity contribution in [3.8, 4) is 0 Å². The van der Waals surface area contributed by atoms with E-state index in [1.165, 1.54) is 6.08 Å². The van der Waals surface area contributed by atoms with Gasteiger partial charge in [-0.2, -0.15) is 0 Å². The molecule has 0 aromatic heterocycles. The number of benzene rings is 1. The Morgan fingerprint density at radius 1 is 1.27 bits per heavy atom. The normalized spacial score (nSPS) is 23.0. The lowest BCUT2D eigenvalue weighted by molar-refractivity contribution is -0.124. The maximum atomic E-state index is 12.4. The summed E-state index contributed by atoms with van der Waals surface area (Å²) in [5.74, 6) is -1.01. The van der Waals surface area contributed by atoms with Crippen LogP contribution in [0.1, 0.15) is 12.0 Å². The molecular formula is C17H16N2O5S2. The molecule has 136 valence electrons. The minimum absolute atomic E-state index is 0.0498. The Labute approximate surface area is 155 Å². The quantitative estimate of drug-likeness (QED) is 0.763. The molecule has 3 rings (SSSR count). The first-order chi connectivity index (χ1) is 12.3. The molecule has 26 heavy (non-hydrogen) atoms. The molecule has 0 bridgehead atoms. The van der Waals surface area contributed by atoms with Gasteiger partial charge in [0.05, 0.1) is 16.7 Å². The summed E-state index contributed by atoms with van der Waals surface area (Å²) in [6.07, 6.45) is 2.97. The second-order valence-corrected chi connectivity index (χ2v) is 8.75. The van der Waals surface area contributed by atoms with E-state index in [-0.39, 0.29) is 18.7 Å². The number of sulfone groups is 1. The van der Waals surface area contributed by atoms with Crippen molar-refractivity contribution in [3.63, 3.8) is 0 Å². The van der Waals surface area contributed by atoms with Crippen molar-refractivity contribution >= 4 is 44.7 Å². The summed E-state index contributed by atoms with van der Waals surface area (Å²) in [5.41, 5.74) is 0.810. The first-order valence-electron chi connectivity index (χ1n) is 7.85. The van der Waals surface area contributed by atoms with Crippen LogP contribution in [-0.4, -0.2) is 48.7 Å². The van der Waals surface area contributed by atoms with Crippen molar-refractivity contribution in [2.75, 3.05) is 12.3 Å². The molecule has 1 atom stereocenters. The van der Waals surface area contributed by atoms with Gasteiger partial charge in [-0.05, 0) is 29.5 Å². The SMILES string of the molecule is O=C(CCN1C(=O)S/C(=C/c2ccccc2)C1=O)N[C@H]1C=CS(=O)(=O)C1. The van der Waals surface area contributed by atoms with Crippen molar-refractivity contribution in [2.24, 2.45) is 0 Å². The fourth-order valence-electron chi connectivity index (χ4n) is 2.55. The van der Waals surface area contributed by atoms with Crippen molar-refractivity contribution in [1.82, 2.24) is 10.2 Å². The Kier molecular flexibility index (Phi) is 5.28. The van der Waals surface area contributed by atoms with Gasteiger partial charge in [0.25, 0.3) is 11.1 Å². The van der Waals surface area contributed by atoms with Crippen LogP contribution in [-0.2, 0) is 19.4 Å². The number of imide groups is 1. The van der Waals surface area contributed by atoms with Gasteiger partial charge >= 0.3 is 0 Å². The summed E-state index contributed by atoms with van der Waals surface area (Å²) < 4.78 is 22.6. The largest absolute Gasteiger partial charge is 0.349 e. The fraction of sp³-hybridized carbons (Fsp3) is 0.235. The number of nitrogens with zero attached hydrogens (tertiary/aromatic N) is 1. The van der Waals surface area contributed by atoms with Crippen molar-refractivity contribution in [1.29, 1.82) is 0 Å². The number of nitrogens with one attached hydrogen (secondary N) is 1. The molecule has 1 aromatic carbocycles. The van der Waals surface area contributed by atoms with Crippen LogP contribution in [0.4, 0.5) is 4.79 Å². The summed E-state index contributed by atoms with van der Waals surface area (Å²) in [7, 11) is -3.25. The lowest BCUT2D eigenvalue weighted by Crippen LogP contribution is -2.38. The Morgan fingerprint density at radius 3 is 2.65 bits per heavy atom. The lowest BCUT2D eigenvalue weighted by Gasteiger charge is -2.14. The molecule has 0 unspecified atom stereocenters. The minimum Gasteiger partial charge on any atom is -0.349 e. The second kappa shape index (κ2) is 7.46. The number of rotatable bonds is 5. The number of hydrogen-bond donors (Lipinski definition) is 1. The van der Waals surface area contributed by atoms with Crippen molar-refractivity contribution < 1.29 is 22.8 Å². The molecule has 1 fully saturated rings. The summed E-state index contributed by atoms with van der Waals surface area (Å²) in [4.78, 5) is 37.7. The van der Waals surface area contributed by atoms with Gasteiger partial charge in [0, 0.05) is 18.4 Å². The molecule has 1 saturated heterocycles. The van der Waals surface area contributed by atoms with E-state index >= 15 is 0 Å². The van der Waals surface area contributed by atoms with Crippen LogP contribution in [0.5, 0.6) is 0 Å². The van der Waals surface area contributed by atoms with Gasteiger partial charge in [0.15, 0.2) is 9.84 Å². The second-order valence-electron chi connectivity index (χ2n) is 5.83. The average molecular weight is 392 g/mol. The van der Waals surface area contributed by atoms with Crippen LogP contribution in [0.3, 0.4) is 0 Å². The lowest BCUT2D eigenvalue weighted by atomic mass is 10.2. The molecule has 0 saturated carbocycles. The van der Waals surface area contributed by atoms with Crippen LogP contribution in [0.15, 0.2) is 46.7 Å². The molecule has 2 heterocycles. The molecule has 1 N–H and O–H groups in total. The van der Waals surface area contributed by atoms with Gasteiger partial charge in [-0.25, -0.2) is 8.42 Å². The highest BCUT2D eigenvalue weighted by Crippen LogP contribution is 2.32. The number of carbonyl (C=O) groups is 3. The Morgan fingerprint density at radius 2 is 2.00 bits per heavy atom.